The van der Waals surface area contributed by atoms with Crippen molar-refractivity contribution in [3.8, 4) is 11.3 Å². The molecule has 2 aliphatic rings. The van der Waals surface area contributed by atoms with Gasteiger partial charge in [0.15, 0.2) is 0 Å². The topological polar surface area (TPSA) is 62.2 Å². The van der Waals surface area contributed by atoms with Crippen molar-refractivity contribution in [2.45, 2.75) is 6.04 Å². The van der Waals surface area contributed by atoms with E-state index in [1.54, 1.807) is 4.68 Å². The van der Waals surface area contributed by atoms with Crippen molar-refractivity contribution < 1.29 is 13.6 Å². The highest BCUT2D eigenvalue weighted by molar-refractivity contribution is 5.90. The highest BCUT2D eigenvalue weighted by atomic mass is 19.1. The zero-order valence-electron chi connectivity index (χ0n) is 16.3. The minimum Gasteiger partial charge on any atom is -0.368 e. The van der Waals surface area contributed by atoms with Crippen LogP contribution in [-0.4, -0.2) is 34.9 Å². The van der Waals surface area contributed by atoms with Crippen molar-refractivity contribution in [1.82, 2.24) is 15.1 Å². The monoisotopic (exact) mass is 409 g/mol. The van der Waals surface area contributed by atoms with E-state index in [0.717, 1.165) is 17.3 Å². The van der Waals surface area contributed by atoms with Crippen LogP contribution in [0.5, 0.6) is 0 Å². The minimum absolute atomic E-state index is 0.0729. The Kier molecular flexibility index (Phi) is 4.42. The molecule has 0 bridgehead atoms. The van der Waals surface area contributed by atoms with E-state index >= 15 is 0 Å². The molecule has 2 aromatic carbocycles. The second-order valence-corrected chi connectivity index (χ2v) is 7.91. The lowest BCUT2D eigenvalue weighted by atomic mass is 10.1. The maximum atomic E-state index is 14.0. The number of aromatic nitrogens is 2. The van der Waals surface area contributed by atoms with Gasteiger partial charge in [0.2, 0.25) is 0 Å². The lowest BCUT2D eigenvalue weighted by Crippen LogP contribution is -2.37. The summed E-state index contributed by atoms with van der Waals surface area (Å²) in [6.07, 6.45) is 1.87. The minimum atomic E-state index is -0.580. The molecule has 2 fully saturated rings. The van der Waals surface area contributed by atoms with E-state index in [0.29, 0.717) is 24.5 Å². The van der Waals surface area contributed by atoms with Crippen LogP contribution in [0, 0.1) is 23.5 Å². The number of halogens is 2. The van der Waals surface area contributed by atoms with E-state index in [9.17, 15) is 13.6 Å². The number of urea groups is 1. The summed E-state index contributed by atoms with van der Waals surface area (Å²) in [6.45, 7) is 1.29. The molecule has 2 N–H and O–H groups in total. The van der Waals surface area contributed by atoms with Crippen LogP contribution in [0.2, 0.25) is 0 Å². The first-order chi connectivity index (χ1) is 14.5. The van der Waals surface area contributed by atoms with Crippen LogP contribution in [-0.2, 0) is 7.05 Å². The SMILES string of the molecule is Cn1ccc(-c2cccc(NC(=O)NC3C4CN(c5ccc(F)cc5F)CC43)c2)n1. The van der Waals surface area contributed by atoms with Gasteiger partial charge in [-0.1, -0.05) is 12.1 Å². The van der Waals surface area contributed by atoms with Gasteiger partial charge in [0.25, 0.3) is 0 Å². The number of nitrogens with one attached hydrogen (secondary N) is 2. The Morgan fingerprint density at radius 1 is 1.10 bits per heavy atom. The van der Waals surface area contributed by atoms with Gasteiger partial charge in [0.1, 0.15) is 11.6 Å². The lowest BCUT2D eigenvalue weighted by Gasteiger charge is -2.23. The highest BCUT2D eigenvalue weighted by Crippen LogP contribution is 2.47. The van der Waals surface area contributed by atoms with Gasteiger partial charge in [0.05, 0.1) is 11.4 Å². The number of nitrogens with zero attached hydrogens (tertiary/aromatic N) is 3. The first-order valence-corrected chi connectivity index (χ1v) is 9.85. The van der Waals surface area contributed by atoms with Crippen LogP contribution in [0.4, 0.5) is 25.0 Å². The molecule has 2 heterocycles. The molecular formula is C22H21F2N5O. The Hall–Kier alpha value is -3.42. The number of aryl methyl sites for hydroxylation is 1. The molecule has 1 saturated carbocycles. The molecule has 8 heteroatoms. The number of fused-ring (bicyclic) bond motifs is 1. The summed E-state index contributed by atoms with van der Waals surface area (Å²) >= 11 is 0. The van der Waals surface area contributed by atoms with Crippen LogP contribution >= 0.6 is 0 Å². The van der Waals surface area contributed by atoms with Crippen LogP contribution in [0.3, 0.4) is 0 Å². The van der Waals surface area contributed by atoms with Crippen LogP contribution in [0.25, 0.3) is 11.3 Å². The van der Waals surface area contributed by atoms with Crippen LogP contribution in [0.15, 0.2) is 54.7 Å². The molecule has 0 radical (unpaired) electrons. The van der Waals surface area contributed by atoms with Crippen molar-refractivity contribution >= 4 is 17.4 Å². The summed E-state index contributed by atoms with van der Waals surface area (Å²) in [6, 6.07) is 12.9. The van der Waals surface area contributed by atoms with Gasteiger partial charge >= 0.3 is 6.03 Å². The van der Waals surface area contributed by atoms with Gasteiger partial charge in [-0.15, -0.1) is 0 Å². The highest BCUT2D eigenvalue weighted by Gasteiger charge is 2.56. The fourth-order valence-corrected chi connectivity index (χ4v) is 4.32. The third kappa shape index (κ3) is 3.49. The molecule has 1 aromatic heterocycles. The molecule has 1 saturated heterocycles. The van der Waals surface area contributed by atoms with Gasteiger partial charge in [-0.05, 0) is 30.3 Å². The van der Waals surface area contributed by atoms with Crippen molar-refractivity contribution in [3.05, 3.63) is 66.4 Å². The van der Waals surface area contributed by atoms with E-state index in [4.69, 9.17) is 0 Å². The average molecular weight is 409 g/mol. The average Bonchev–Trinajstić information content (AvgIpc) is 3.06. The van der Waals surface area contributed by atoms with Gasteiger partial charge in [-0.3, -0.25) is 4.68 Å². The predicted molar refractivity (Wildman–Crippen MR) is 110 cm³/mol. The smallest absolute Gasteiger partial charge is 0.319 e. The molecule has 1 aliphatic heterocycles. The second-order valence-electron chi connectivity index (χ2n) is 7.91. The molecule has 154 valence electrons. The predicted octanol–water partition coefficient (Wildman–Crippen LogP) is 3.62. The molecule has 30 heavy (non-hydrogen) atoms. The Balaban J connectivity index is 1.17. The third-order valence-electron chi connectivity index (χ3n) is 5.87. The van der Waals surface area contributed by atoms with Crippen molar-refractivity contribution in [2.24, 2.45) is 18.9 Å². The van der Waals surface area contributed by atoms with E-state index in [2.05, 4.69) is 15.7 Å². The molecule has 2 atom stereocenters. The van der Waals surface area contributed by atoms with Crippen LogP contribution in [0.1, 0.15) is 0 Å². The van der Waals surface area contributed by atoms with Gasteiger partial charge in [-0.25, -0.2) is 13.6 Å². The maximum absolute atomic E-state index is 14.0. The molecule has 2 unspecified atom stereocenters. The molecule has 2 amide bonds. The number of carbonyl (C=O) groups excluding carboxylic acids is 1. The number of carbonyl (C=O) groups is 1. The van der Waals surface area contributed by atoms with E-state index in [1.165, 1.54) is 12.1 Å². The second kappa shape index (κ2) is 7.12. The molecule has 1 aliphatic carbocycles. The lowest BCUT2D eigenvalue weighted by molar-refractivity contribution is 0.250. The molecule has 0 spiro atoms. The Labute approximate surface area is 172 Å². The third-order valence-corrected chi connectivity index (χ3v) is 5.87. The van der Waals surface area contributed by atoms with Crippen molar-refractivity contribution in [3.63, 3.8) is 0 Å². The summed E-state index contributed by atoms with van der Waals surface area (Å²) in [5, 5.41) is 10.3. The van der Waals surface area contributed by atoms with Crippen molar-refractivity contribution in [2.75, 3.05) is 23.3 Å². The quantitative estimate of drug-likeness (QED) is 0.692. The summed E-state index contributed by atoms with van der Waals surface area (Å²) in [5.41, 5.74) is 2.87. The number of hydrogen-bond acceptors (Lipinski definition) is 3. The van der Waals surface area contributed by atoms with Crippen LogP contribution < -0.4 is 15.5 Å². The zero-order chi connectivity index (χ0) is 20.8. The van der Waals surface area contributed by atoms with Gasteiger partial charge in [0, 0.05) is 61.5 Å². The Morgan fingerprint density at radius 3 is 2.60 bits per heavy atom. The fourth-order valence-electron chi connectivity index (χ4n) is 4.32. The number of piperidine rings is 1. The normalized spacial score (nSPS) is 22.0. The fraction of sp³-hybridized carbons (Fsp3) is 0.273. The maximum Gasteiger partial charge on any atom is 0.319 e. The molecule has 3 aromatic rings. The van der Waals surface area contributed by atoms with Gasteiger partial charge in [-0.2, -0.15) is 5.10 Å². The van der Waals surface area contributed by atoms with E-state index < -0.39 is 11.6 Å². The zero-order valence-corrected chi connectivity index (χ0v) is 16.3. The Morgan fingerprint density at radius 2 is 1.90 bits per heavy atom. The van der Waals surface area contributed by atoms with E-state index in [-0.39, 0.29) is 23.9 Å². The van der Waals surface area contributed by atoms with E-state index in [1.807, 2.05) is 48.5 Å². The number of anilines is 2. The summed E-state index contributed by atoms with van der Waals surface area (Å²) in [4.78, 5) is 14.3. The number of hydrogen-bond donors (Lipinski definition) is 2. The summed E-state index contributed by atoms with van der Waals surface area (Å²) in [7, 11) is 1.86. The number of amides is 2. The summed E-state index contributed by atoms with van der Waals surface area (Å²) in [5.74, 6) is -0.574. The first-order valence-electron chi connectivity index (χ1n) is 9.85. The number of rotatable bonds is 4. The van der Waals surface area contributed by atoms with Gasteiger partial charge < -0.3 is 15.5 Å². The van der Waals surface area contributed by atoms with Crippen molar-refractivity contribution in [1.29, 1.82) is 0 Å². The largest absolute Gasteiger partial charge is 0.368 e. The number of benzene rings is 2. The molecule has 5 rings (SSSR count). The summed E-state index contributed by atoms with van der Waals surface area (Å²) < 4.78 is 28.8. The molecule has 6 nitrogen and oxygen atoms in total. The molecular weight excluding hydrogens is 388 g/mol. The first kappa shape index (κ1) is 18.6. The Bertz CT molecular complexity index is 1100. The standard InChI is InChI=1S/C22H21F2N5O/c1-28-8-7-19(27-28)13-3-2-4-15(9-13)25-22(30)26-21-16-11-29(12-17(16)21)20-6-5-14(23)10-18(20)24/h2-10,16-17,21H,11-12H2,1H3,(H2,25,26,30).